The number of benzene rings is 2. The van der Waals surface area contributed by atoms with Crippen molar-refractivity contribution in [3.63, 3.8) is 0 Å². The second kappa shape index (κ2) is 11.1. The number of aromatic nitrogens is 2. The topological polar surface area (TPSA) is 98.6 Å². The fraction of sp³-hybridized carbons (Fsp3) is 0.452. The number of amides is 1. The first-order valence-corrected chi connectivity index (χ1v) is 14.0. The maximum absolute atomic E-state index is 14.0. The number of piperidine rings is 1. The summed E-state index contributed by atoms with van der Waals surface area (Å²) in [7, 11) is 0. The number of aryl methyl sites for hydroxylation is 1. The molecule has 3 N–H and O–H groups in total. The zero-order chi connectivity index (χ0) is 31.3. The lowest BCUT2D eigenvalue weighted by atomic mass is 9.69. The molecule has 5 rings (SSSR count). The van der Waals surface area contributed by atoms with Crippen LogP contribution < -0.4 is 5.32 Å². The van der Waals surface area contributed by atoms with Gasteiger partial charge in [0.25, 0.3) is 5.92 Å². The van der Waals surface area contributed by atoms with Crippen molar-refractivity contribution in [3.05, 3.63) is 77.2 Å². The minimum atomic E-state index is -4.76. The van der Waals surface area contributed by atoms with Crippen LogP contribution in [0.25, 0.3) is 11.3 Å². The van der Waals surface area contributed by atoms with E-state index < -0.39 is 52.9 Å². The molecule has 2 aliphatic rings. The number of hydrogen-bond donors (Lipinski definition) is 3. The van der Waals surface area contributed by atoms with E-state index in [2.05, 4.69) is 15.3 Å². The lowest BCUT2D eigenvalue weighted by molar-refractivity contribution is -0.173. The Balaban J connectivity index is 1.51. The molecule has 5 atom stereocenters. The first kappa shape index (κ1) is 30.8. The summed E-state index contributed by atoms with van der Waals surface area (Å²) in [4.78, 5) is 23.1. The molecule has 5 unspecified atom stereocenters. The maximum atomic E-state index is 14.0. The van der Waals surface area contributed by atoms with E-state index in [9.17, 15) is 37.0 Å². The molecule has 3 aromatic rings. The summed E-state index contributed by atoms with van der Waals surface area (Å²) in [5, 5.41) is 25.6. The van der Waals surface area contributed by atoms with Gasteiger partial charge in [-0.15, -0.1) is 0 Å². The van der Waals surface area contributed by atoms with Gasteiger partial charge in [0, 0.05) is 36.2 Å². The number of fused-ring (bicyclic) bond motifs is 1. The molecule has 1 aliphatic carbocycles. The van der Waals surface area contributed by atoms with Gasteiger partial charge in [0.05, 0.1) is 17.4 Å². The summed E-state index contributed by atoms with van der Waals surface area (Å²) in [6, 6.07) is 10.8. The van der Waals surface area contributed by atoms with Gasteiger partial charge in [-0.3, -0.25) is 4.79 Å². The Kier molecular flexibility index (Phi) is 7.97. The molecule has 1 saturated heterocycles. The van der Waals surface area contributed by atoms with Crippen molar-refractivity contribution in [2.24, 2.45) is 11.3 Å². The van der Waals surface area contributed by atoms with E-state index in [1.54, 1.807) is 4.90 Å². The van der Waals surface area contributed by atoms with Gasteiger partial charge in [0.1, 0.15) is 24.2 Å². The number of alkyl halides is 5. The Morgan fingerprint density at radius 2 is 1.79 bits per heavy atom. The van der Waals surface area contributed by atoms with E-state index in [0.717, 1.165) is 48.1 Å². The second-order valence-corrected chi connectivity index (χ2v) is 11.9. The third kappa shape index (κ3) is 5.95. The number of nitrogens with zero attached hydrogens (tertiary/aromatic N) is 3. The van der Waals surface area contributed by atoms with E-state index in [0.29, 0.717) is 19.8 Å². The molecule has 1 amide bonds. The summed E-state index contributed by atoms with van der Waals surface area (Å²) in [6.45, 7) is 4.68. The summed E-state index contributed by atoms with van der Waals surface area (Å²) in [5.74, 6) is -5.25. The van der Waals surface area contributed by atoms with Crippen LogP contribution in [0.3, 0.4) is 0 Å². The highest BCUT2D eigenvalue weighted by Gasteiger charge is 2.58. The molecular weight excluding hydrogens is 571 g/mol. The number of halogens is 5. The van der Waals surface area contributed by atoms with Crippen LogP contribution in [-0.4, -0.2) is 49.4 Å². The normalized spacial score (nSPS) is 25.0. The molecule has 12 heteroatoms. The summed E-state index contributed by atoms with van der Waals surface area (Å²) in [5.41, 5.74) is -1.14. The number of aliphatic hydroxyl groups excluding tert-OH is 2. The highest BCUT2D eigenvalue weighted by Crippen LogP contribution is 2.51. The minimum absolute atomic E-state index is 0.0895. The first-order valence-electron chi connectivity index (χ1n) is 14.0. The number of likely N-dealkylation sites (tertiary alicyclic amines) is 1. The average Bonchev–Trinajstić information content (AvgIpc) is 3.34. The Labute approximate surface area is 245 Å². The van der Waals surface area contributed by atoms with E-state index in [4.69, 9.17) is 0 Å². The molecule has 2 fully saturated rings. The number of hydrogen-bond acceptors (Lipinski definition) is 6. The number of anilines is 1. The van der Waals surface area contributed by atoms with Crippen molar-refractivity contribution in [3.8, 4) is 11.3 Å². The predicted molar refractivity (Wildman–Crippen MR) is 149 cm³/mol. The number of carbonyl (C=O) groups excluding carboxylic acids is 1. The van der Waals surface area contributed by atoms with Crippen LogP contribution in [0.4, 0.5) is 27.6 Å². The van der Waals surface area contributed by atoms with Gasteiger partial charge in [0.15, 0.2) is 0 Å². The number of rotatable bonds is 7. The Hall–Kier alpha value is -3.64. The van der Waals surface area contributed by atoms with Crippen molar-refractivity contribution in [1.82, 2.24) is 14.9 Å². The van der Waals surface area contributed by atoms with Gasteiger partial charge in [0.2, 0.25) is 5.91 Å². The van der Waals surface area contributed by atoms with Crippen LogP contribution in [-0.2, 0) is 23.4 Å². The van der Waals surface area contributed by atoms with E-state index in [-0.39, 0.29) is 29.5 Å². The maximum Gasteiger partial charge on any atom is 0.416 e. The molecule has 1 aliphatic heterocycles. The molecule has 230 valence electrons. The SMILES string of the molecule is Cc1ccc(CN2C(=O)C(C(O)Nc3ccc(C(F)(F)F)cc3-c3cc(C(C)(F)F)ncn3)C(O)C3(C)CCCC23)cc1. The van der Waals surface area contributed by atoms with Crippen molar-refractivity contribution < 1.29 is 37.0 Å². The third-order valence-electron chi connectivity index (χ3n) is 8.77. The summed E-state index contributed by atoms with van der Waals surface area (Å²) in [6.07, 6.45) is -4.86. The van der Waals surface area contributed by atoms with Crippen molar-refractivity contribution in [1.29, 1.82) is 0 Å². The number of nitrogens with one attached hydrogen (secondary N) is 1. The fourth-order valence-electron chi connectivity index (χ4n) is 6.36. The predicted octanol–water partition coefficient (Wildman–Crippen LogP) is 5.89. The van der Waals surface area contributed by atoms with Gasteiger partial charge in [-0.05, 0) is 49.6 Å². The zero-order valence-electron chi connectivity index (χ0n) is 23.9. The van der Waals surface area contributed by atoms with Crippen LogP contribution in [0.5, 0.6) is 0 Å². The minimum Gasteiger partial charge on any atom is -0.391 e. The molecule has 1 aromatic heterocycles. The molecule has 1 saturated carbocycles. The average molecular weight is 605 g/mol. The summed E-state index contributed by atoms with van der Waals surface area (Å²) < 4.78 is 69.0. The van der Waals surface area contributed by atoms with E-state index >= 15 is 0 Å². The monoisotopic (exact) mass is 604 g/mol. The van der Waals surface area contributed by atoms with Crippen molar-refractivity contribution >= 4 is 11.6 Å². The van der Waals surface area contributed by atoms with Crippen LogP contribution >= 0.6 is 0 Å². The van der Waals surface area contributed by atoms with Crippen LogP contribution in [0.2, 0.25) is 0 Å². The molecular formula is C31H33F5N4O3. The Morgan fingerprint density at radius 3 is 2.44 bits per heavy atom. The zero-order valence-corrected chi connectivity index (χ0v) is 23.9. The Morgan fingerprint density at radius 1 is 1.09 bits per heavy atom. The molecule has 2 heterocycles. The smallest absolute Gasteiger partial charge is 0.391 e. The first-order chi connectivity index (χ1) is 20.1. The highest BCUT2D eigenvalue weighted by atomic mass is 19.4. The van der Waals surface area contributed by atoms with Crippen molar-refractivity contribution in [2.45, 2.75) is 77.1 Å². The molecule has 0 radical (unpaired) electrons. The van der Waals surface area contributed by atoms with Crippen LogP contribution in [0.1, 0.15) is 55.5 Å². The molecule has 43 heavy (non-hydrogen) atoms. The lowest BCUT2D eigenvalue weighted by Crippen LogP contribution is -2.65. The van der Waals surface area contributed by atoms with Gasteiger partial charge in [-0.25, -0.2) is 9.97 Å². The van der Waals surface area contributed by atoms with Crippen LogP contribution in [0, 0.1) is 18.3 Å². The second-order valence-electron chi connectivity index (χ2n) is 11.9. The summed E-state index contributed by atoms with van der Waals surface area (Å²) >= 11 is 0. The largest absolute Gasteiger partial charge is 0.416 e. The van der Waals surface area contributed by atoms with Crippen LogP contribution in [0.15, 0.2) is 54.9 Å². The molecule has 0 bridgehead atoms. The van der Waals surface area contributed by atoms with Crippen molar-refractivity contribution in [2.75, 3.05) is 5.32 Å². The van der Waals surface area contributed by atoms with Gasteiger partial charge in [-0.2, -0.15) is 22.0 Å². The fourth-order valence-corrected chi connectivity index (χ4v) is 6.36. The third-order valence-corrected chi connectivity index (χ3v) is 8.77. The standard InChI is InChI=1S/C31H33F5N4O3/c1-17-6-8-18(9-7-17)15-40-24-5-4-12-29(24,2)26(41)25(28(40)43)27(42)39-21-11-10-19(31(34,35)36)13-20(21)22-14-23(30(3,32)33)38-16-37-22/h6-11,13-14,16,24-27,39,41-42H,4-5,12,15H2,1-3H3. The number of aliphatic hydroxyl groups is 2. The Bertz CT molecular complexity index is 1490. The quantitative estimate of drug-likeness (QED) is 0.230. The number of carbonyl (C=O) groups is 1. The molecule has 7 nitrogen and oxygen atoms in total. The highest BCUT2D eigenvalue weighted by molar-refractivity contribution is 5.83. The van der Waals surface area contributed by atoms with Gasteiger partial charge < -0.3 is 20.4 Å². The molecule has 2 aromatic carbocycles. The lowest BCUT2D eigenvalue weighted by Gasteiger charge is -2.51. The van der Waals surface area contributed by atoms with E-state index in [1.807, 2.05) is 38.1 Å². The van der Waals surface area contributed by atoms with Gasteiger partial charge >= 0.3 is 6.18 Å². The molecule has 0 spiro atoms. The van der Waals surface area contributed by atoms with E-state index in [1.165, 1.54) is 0 Å². The van der Waals surface area contributed by atoms with Gasteiger partial charge in [-0.1, -0.05) is 43.2 Å².